The second kappa shape index (κ2) is 2.61. The van der Waals surface area contributed by atoms with E-state index in [9.17, 15) is 8.42 Å². The van der Waals surface area contributed by atoms with Crippen LogP contribution in [-0.4, -0.2) is 28.8 Å². The summed E-state index contributed by atoms with van der Waals surface area (Å²) < 4.78 is 22.5. The Bertz CT molecular complexity index is 314. The minimum absolute atomic E-state index is 0.0625. The molecule has 5 nitrogen and oxygen atoms in total. The summed E-state index contributed by atoms with van der Waals surface area (Å²) in [5, 5.41) is 5.24. The van der Waals surface area contributed by atoms with Crippen molar-refractivity contribution in [2.24, 2.45) is 0 Å². The van der Waals surface area contributed by atoms with Crippen LogP contribution >= 0.6 is 0 Å². The zero-order chi connectivity index (χ0) is 8.48. The molecule has 1 aromatic rings. The molecule has 0 saturated carbocycles. The van der Waals surface area contributed by atoms with Crippen molar-refractivity contribution in [1.82, 2.24) is 15.2 Å². The van der Waals surface area contributed by atoms with Gasteiger partial charge < -0.3 is 0 Å². The van der Waals surface area contributed by atoms with Gasteiger partial charge in [0, 0.05) is 0 Å². The van der Waals surface area contributed by atoms with Crippen LogP contribution in [0.15, 0.2) is 11.5 Å². The molecule has 1 heterocycles. The summed E-state index contributed by atoms with van der Waals surface area (Å²) >= 11 is 0. The summed E-state index contributed by atoms with van der Waals surface area (Å²) in [4.78, 5) is 3.55. The minimum atomic E-state index is -3.26. The third-order valence-electron chi connectivity index (χ3n) is 1.28. The Hall–Kier alpha value is -0.910. The van der Waals surface area contributed by atoms with Crippen LogP contribution in [0, 0.1) is 0 Å². The average molecular weight is 175 g/mol. The lowest BCUT2D eigenvalue weighted by Crippen LogP contribution is -2.15. The topological polar surface area (TPSA) is 75.7 Å². The predicted octanol–water partition coefficient (Wildman–Crippen LogP) is -0.0132. The van der Waals surface area contributed by atoms with E-state index in [1.54, 1.807) is 13.8 Å². The Labute approximate surface area is 64.8 Å². The first-order valence-corrected chi connectivity index (χ1v) is 4.69. The Morgan fingerprint density at radius 3 is 2.55 bits per heavy atom. The van der Waals surface area contributed by atoms with Crippen LogP contribution in [0.4, 0.5) is 0 Å². The molecule has 1 rings (SSSR count). The Balaban J connectivity index is 3.12. The van der Waals surface area contributed by atoms with Gasteiger partial charge in [-0.1, -0.05) is 0 Å². The van der Waals surface area contributed by atoms with Gasteiger partial charge in [0.15, 0.2) is 0 Å². The minimum Gasteiger partial charge on any atom is -0.250 e. The van der Waals surface area contributed by atoms with E-state index in [0.29, 0.717) is 0 Å². The lowest BCUT2D eigenvalue weighted by molar-refractivity contribution is 0.579. The van der Waals surface area contributed by atoms with E-state index < -0.39 is 15.1 Å². The number of H-pyrrole nitrogens is 1. The molecule has 1 aromatic heterocycles. The Kier molecular flexibility index (Phi) is 1.95. The first-order valence-electron chi connectivity index (χ1n) is 3.14. The molecule has 0 aromatic carbocycles. The molecule has 0 aliphatic carbocycles. The zero-order valence-electron chi connectivity index (χ0n) is 6.27. The Morgan fingerprint density at radius 2 is 2.18 bits per heavy atom. The molecule has 0 aliphatic rings. The van der Waals surface area contributed by atoms with Gasteiger partial charge in [0.1, 0.15) is 6.33 Å². The molecule has 62 valence electrons. The van der Waals surface area contributed by atoms with Crippen LogP contribution in [0.25, 0.3) is 0 Å². The van der Waals surface area contributed by atoms with Crippen molar-refractivity contribution in [3.05, 3.63) is 6.33 Å². The summed E-state index contributed by atoms with van der Waals surface area (Å²) in [5.74, 6) is 0. The second-order valence-corrected chi connectivity index (χ2v) is 4.80. The molecule has 0 spiro atoms. The van der Waals surface area contributed by atoms with Crippen LogP contribution in [0.1, 0.15) is 13.8 Å². The number of nitrogens with one attached hydrogen (secondary N) is 1. The van der Waals surface area contributed by atoms with Gasteiger partial charge in [-0.3, -0.25) is 5.10 Å². The molecule has 0 atom stereocenters. The highest BCUT2D eigenvalue weighted by molar-refractivity contribution is 7.91. The van der Waals surface area contributed by atoms with Gasteiger partial charge in [-0.15, -0.1) is 0 Å². The number of hydrogen-bond donors (Lipinski definition) is 1. The van der Waals surface area contributed by atoms with Gasteiger partial charge in [-0.25, -0.2) is 13.4 Å². The van der Waals surface area contributed by atoms with E-state index in [1.807, 2.05) is 0 Å². The van der Waals surface area contributed by atoms with Crippen LogP contribution in [0.3, 0.4) is 0 Å². The predicted molar refractivity (Wildman–Crippen MR) is 38.7 cm³/mol. The van der Waals surface area contributed by atoms with E-state index in [4.69, 9.17) is 0 Å². The maximum Gasteiger partial charge on any atom is 0.243 e. The normalized spacial score (nSPS) is 12.3. The quantitative estimate of drug-likeness (QED) is 0.685. The molecular weight excluding hydrogens is 166 g/mol. The van der Waals surface area contributed by atoms with Crippen molar-refractivity contribution in [2.45, 2.75) is 24.3 Å². The van der Waals surface area contributed by atoms with Gasteiger partial charge in [0.2, 0.25) is 15.0 Å². The summed E-state index contributed by atoms with van der Waals surface area (Å²) in [6, 6.07) is 0. The molecular formula is C5H9N3O2S. The first-order chi connectivity index (χ1) is 5.05. The van der Waals surface area contributed by atoms with Crippen LogP contribution in [-0.2, 0) is 9.84 Å². The fourth-order valence-electron chi connectivity index (χ4n) is 0.555. The summed E-state index contributed by atoms with van der Waals surface area (Å²) in [7, 11) is -3.26. The lowest BCUT2D eigenvalue weighted by atomic mass is 10.6. The van der Waals surface area contributed by atoms with Crippen molar-refractivity contribution < 1.29 is 8.42 Å². The van der Waals surface area contributed by atoms with Gasteiger partial charge in [0.05, 0.1) is 5.25 Å². The maximum absolute atomic E-state index is 11.3. The molecule has 0 amide bonds. The van der Waals surface area contributed by atoms with Crippen LogP contribution in [0.2, 0.25) is 0 Å². The lowest BCUT2D eigenvalue weighted by Gasteiger charge is -2.01. The van der Waals surface area contributed by atoms with Crippen LogP contribution in [0.5, 0.6) is 0 Å². The number of aromatic nitrogens is 3. The van der Waals surface area contributed by atoms with Gasteiger partial charge in [-0.05, 0) is 13.8 Å². The molecule has 0 aliphatic heterocycles. The fraction of sp³-hybridized carbons (Fsp3) is 0.600. The van der Waals surface area contributed by atoms with E-state index in [0.717, 1.165) is 0 Å². The number of nitrogens with zero attached hydrogens (tertiary/aromatic N) is 2. The highest BCUT2D eigenvalue weighted by Crippen LogP contribution is 2.08. The molecule has 0 unspecified atom stereocenters. The fourth-order valence-corrected chi connectivity index (χ4v) is 1.38. The standard InChI is InChI=1S/C5H9N3O2S/c1-4(2)11(9,10)5-6-3-7-8-5/h3-4H,1-2H3,(H,6,7,8). The number of rotatable bonds is 2. The summed E-state index contributed by atoms with van der Waals surface area (Å²) in [6.07, 6.45) is 1.18. The van der Waals surface area contributed by atoms with Gasteiger partial charge >= 0.3 is 0 Å². The third kappa shape index (κ3) is 1.40. The van der Waals surface area contributed by atoms with E-state index >= 15 is 0 Å². The van der Waals surface area contributed by atoms with Crippen LogP contribution < -0.4 is 0 Å². The van der Waals surface area contributed by atoms with Crippen molar-refractivity contribution in [3.8, 4) is 0 Å². The zero-order valence-corrected chi connectivity index (χ0v) is 7.09. The number of aromatic amines is 1. The first kappa shape index (κ1) is 8.19. The molecule has 0 fully saturated rings. The van der Waals surface area contributed by atoms with Gasteiger partial charge in [0.25, 0.3) is 0 Å². The molecule has 11 heavy (non-hydrogen) atoms. The van der Waals surface area contributed by atoms with E-state index in [1.165, 1.54) is 6.33 Å². The SMILES string of the molecule is CC(C)S(=O)(=O)c1ncn[nH]1. The van der Waals surface area contributed by atoms with Crippen molar-refractivity contribution >= 4 is 9.84 Å². The molecule has 6 heteroatoms. The monoisotopic (exact) mass is 175 g/mol. The maximum atomic E-state index is 11.3. The molecule has 1 N–H and O–H groups in total. The van der Waals surface area contributed by atoms with E-state index in [2.05, 4.69) is 15.2 Å². The van der Waals surface area contributed by atoms with Crippen molar-refractivity contribution in [2.75, 3.05) is 0 Å². The van der Waals surface area contributed by atoms with Gasteiger partial charge in [-0.2, -0.15) is 5.10 Å². The largest absolute Gasteiger partial charge is 0.250 e. The van der Waals surface area contributed by atoms with Crippen molar-refractivity contribution in [3.63, 3.8) is 0 Å². The highest BCUT2D eigenvalue weighted by atomic mass is 32.2. The molecule has 0 bridgehead atoms. The molecule has 0 radical (unpaired) electrons. The summed E-state index contributed by atoms with van der Waals surface area (Å²) in [6.45, 7) is 3.19. The number of hydrogen-bond acceptors (Lipinski definition) is 4. The van der Waals surface area contributed by atoms with E-state index in [-0.39, 0.29) is 5.16 Å². The second-order valence-electron chi connectivity index (χ2n) is 2.38. The number of sulfone groups is 1. The highest BCUT2D eigenvalue weighted by Gasteiger charge is 2.21. The average Bonchev–Trinajstić information content (AvgIpc) is 2.37. The van der Waals surface area contributed by atoms with Crippen molar-refractivity contribution in [1.29, 1.82) is 0 Å². The third-order valence-corrected chi connectivity index (χ3v) is 3.26. The Morgan fingerprint density at radius 1 is 1.55 bits per heavy atom. The summed E-state index contributed by atoms with van der Waals surface area (Å²) in [5.41, 5.74) is 0. The molecule has 0 saturated heterocycles. The smallest absolute Gasteiger partial charge is 0.243 e.